The summed E-state index contributed by atoms with van der Waals surface area (Å²) in [6.07, 6.45) is 3.82. The second kappa shape index (κ2) is 6.06. The molecule has 2 aromatic heterocycles. The normalized spacial score (nSPS) is 12.8. The van der Waals surface area contributed by atoms with Crippen molar-refractivity contribution in [3.8, 4) is 0 Å². The standard InChI is InChI=1S/C15H24N4/c1-5-19-13(3)9-15(14(19)4)10-16-12(2)11-18-8-6-7-17-18/h6-9,12,16H,5,10-11H2,1-4H3. The van der Waals surface area contributed by atoms with Crippen LogP contribution in [-0.4, -0.2) is 20.4 Å². The van der Waals surface area contributed by atoms with Crippen molar-refractivity contribution in [3.05, 3.63) is 41.5 Å². The Morgan fingerprint density at radius 2 is 2.16 bits per heavy atom. The summed E-state index contributed by atoms with van der Waals surface area (Å²) in [6.45, 7) is 11.6. The Morgan fingerprint density at radius 3 is 2.74 bits per heavy atom. The van der Waals surface area contributed by atoms with Gasteiger partial charge in [0.05, 0.1) is 6.54 Å². The second-order valence-electron chi connectivity index (χ2n) is 5.15. The van der Waals surface area contributed by atoms with Gasteiger partial charge >= 0.3 is 0 Å². The number of hydrogen-bond acceptors (Lipinski definition) is 2. The molecule has 0 saturated heterocycles. The van der Waals surface area contributed by atoms with Crippen LogP contribution in [-0.2, 0) is 19.6 Å². The zero-order chi connectivity index (χ0) is 13.8. The second-order valence-corrected chi connectivity index (χ2v) is 5.15. The van der Waals surface area contributed by atoms with Crippen molar-refractivity contribution in [1.82, 2.24) is 19.7 Å². The van der Waals surface area contributed by atoms with Crippen molar-refractivity contribution >= 4 is 0 Å². The van der Waals surface area contributed by atoms with Gasteiger partial charge in [0.2, 0.25) is 0 Å². The van der Waals surface area contributed by atoms with Gasteiger partial charge in [-0.1, -0.05) is 0 Å². The quantitative estimate of drug-likeness (QED) is 0.866. The molecule has 1 atom stereocenters. The zero-order valence-electron chi connectivity index (χ0n) is 12.3. The van der Waals surface area contributed by atoms with Crippen molar-refractivity contribution < 1.29 is 0 Å². The summed E-state index contributed by atoms with van der Waals surface area (Å²) in [5.41, 5.74) is 4.11. The number of nitrogens with one attached hydrogen (secondary N) is 1. The molecule has 0 aliphatic heterocycles. The Morgan fingerprint density at radius 1 is 1.37 bits per heavy atom. The molecule has 4 nitrogen and oxygen atoms in total. The first-order chi connectivity index (χ1) is 9.11. The highest BCUT2D eigenvalue weighted by atomic mass is 15.3. The van der Waals surface area contributed by atoms with Crippen LogP contribution < -0.4 is 5.32 Å². The minimum atomic E-state index is 0.407. The maximum atomic E-state index is 4.23. The highest BCUT2D eigenvalue weighted by Crippen LogP contribution is 2.14. The van der Waals surface area contributed by atoms with Gasteiger partial charge < -0.3 is 9.88 Å². The fourth-order valence-electron chi connectivity index (χ4n) is 2.58. The number of aryl methyl sites for hydroxylation is 1. The number of hydrogen-bond donors (Lipinski definition) is 1. The van der Waals surface area contributed by atoms with Crippen molar-refractivity contribution in [3.63, 3.8) is 0 Å². The van der Waals surface area contributed by atoms with Crippen LogP contribution in [0.1, 0.15) is 30.8 Å². The molecule has 0 aliphatic rings. The van der Waals surface area contributed by atoms with Gasteiger partial charge in [0.25, 0.3) is 0 Å². The highest BCUT2D eigenvalue weighted by Gasteiger charge is 2.09. The van der Waals surface area contributed by atoms with E-state index >= 15 is 0 Å². The SMILES string of the molecule is CCn1c(C)cc(CNC(C)Cn2cccn2)c1C. The molecule has 1 unspecified atom stereocenters. The van der Waals surface area contributed by atoms with Gasteiger partial charge in [-0.05, 0) is 45.4 Å². The third-order valence-electron chi connectivity index (χ3n) is 3.66. The first-order valence-corrected chi connectivity index (χ1v) is 6.98. The zero-order valence-corrected chi connectivity index (χ0v) is 12.3. The topological polar surface area (TPSA) is 34.8 Å². The summed E-state index contributed by atoms with van der Waals surface area (Å²) in [6, 6.07) is 4.65. The molecule has 0 radical (unpaired) electrons. The monoisotopic (exact) mass is 260 g/mol. The van der Waals surface area contributed by atoms with E-state index in [0.29, 0.717) is 6.04 Å². The van der Waals surface area contributed by atoms with E-state index in [4.69, 9.17) is 0 Å². The lowest BCUT2D eigenvalue weighted by Crippen LogP contribution is -2.30. The molecule has 1 N–H and O–H groups in total. The average molecular weight is 260 g/mol. The molecule has 0 bridgehead atoms. The molecule has 104 valence electrons. The average Bonchev–Trinajstić information content (AvgIpc) is 2.96. The fourth-order valence-corrected chi connectivity index (χ4v) is 2.58. The molecule has 0 fully saturated rings. The van der Waals surface area contributed by atoms with Crippen LogP contribution in [0.5, 0.6) is 0 Å². The largest absolute Gasteiger partial charge is 0.349 e. The van der Waals surface area contributed by atoms with E-state index in [1.165, 1.54) is 17.0 Å². The molecule has 0 aliphatic carbocycles. The Labute approximate surface area is 115 Å². The Balaban J connectivity index is 1.91. The van der Waals surface area contributed by atoms with E-state index in [0.717, 1.165) is 19.6 Å². The highest BCUT2D eigenvalue weighted by molar-refractivity contribution is 5.26. The summed E-state index contributed by atoms with van der Waals surface area (Å²) in [4.78, 5) is 0. The predicted molar refractivity (Wildman–Crippen MR) is 78.1 cm³/mol. The van der Waals surface area contributed by atoms with Gasteiger partial charge in [-0.3, -0.25) is 4.68 Å². The molecule has 0 spiro atoms. The first kappa shape index (κ1) is 13.9. The fraction of sp³-hybridized carbons (Fsp3) is 0.533. The first-order valence-electron chi connectivity index (χ1n) is 6.98. The molecule has 0 amide bonds. The van der Waals surface area contributed by atoms with Crippen LogP contribution in [0.2, 0.25) is 0 Å². The van der Waals surface area contributed by atoms with Crippen LogP contribution >= 0.6 is 0 Å². The predicted octanol–water partition coefficient (Wildman–Crippen LogP) is 2.50. The lowest BCUT2D eigenvalue weighted by atomic mass is 10.2. The molecule has 2 heterocycles. The number of nitrogens with zero attached hydrogens (tertiary/aromatic N) is 3. The summed E-state index contributed by atoms with van der Waals surface area (Å²) < 4.78 is 4.32. The molecule has 0 saturated carbocycles. The van der Waals surface area contributed by atoms with Crippen LogP contribution in [0.25, 0.3) is 0 Å². The van der Waals surface area contributed by atoms with Crippen molar-refractivity contribution in [2.75, 3.05) is 0 Å². The minimum Gasteiger partial charge on any atom is -0.349 e. The summed E-state index contributed by atoms with van der Waals surface area (Å²) in [5, 5.41) is 7.80. The lowest BCUT2D eigenvalue weighted by Gasteiger charge is -2.14. The smallest absolute Gasteiger partial charge is 0.0560 e. The number of rotatable bonds is 6. The van der Waals surface area contributed by atoms with E-state index < -0.39 is 0 Å². The minimum absolute atomic E-state index is 0.407. The van der Waals surface area contributed by atoms with Gasteiger partial charge in [0.15, 0.2) is 0 Å². The Bertz CT molecular complexity index is 510. The maximum absolute atomic E-state index is 4.23. The summed E-state index contributed by atoms with van der Waals surface area (Å²) in [7, 11) is 0. The molecule has 4 heteroatoms. The Hall–Kier alpha value is -1.55. The lowest BCUT2D eigenvalue weighted by molar-refractivity contribution is 0.450. The van der Waals surface area contributed by atoms with Crippen molar-refractivity contribution in [1.29, 1.82) is 0 Å². The molecule has 2 aromatic rings. The summed E-state index contributed by atoms with van der Waals surface area (Å²) >= 11 is 0. The third-order valence-corrected chi connectivity index (χ3v) is 3.66. The van der Waals surface area contributed by atoms with Crippen LogP contribution in [0.4, 0.5) is 0 Å². The molecular formula is C15H24N4. The van der Waals surface area contributed by atoms with Gasteiger partial charge in [0, 0.05) is 42.9 Å². The molecule has 2 rings (SSSR count). The summed E-state index contributed by atoms with van der Waals surface area (Å²) in [5.74, 6) is 0. The van der Waals surface area contributed by atoms with E-state index in [-0.39, 0.29) is 0 Å². The van der Waals surface area contributed by atoms with E-state index in [1.54, 1.807) is 0 Å². The van der Waals surface area contributed by atoms with Crippen LogP contribution in [0.15, 0.2) is 24.5 Å². The van der Waals surface area contributed by atoms with Crippen molar-refractivity contribution in [2.24, 2.45) is 0 Å². The molecular weight excluding hydrogens is 236 g/mol. The van der Waals surface area contributed by atoms with E-state index in [1.807, 2.05) is 23.1 Å². The van der Waals surface area contributed by atoms with Gasteiger partial charge in [-0.15, -0.1) is 0 Å². The molecule has 19 heavy (non-hydrogen) atoms. The van der Waals surface area contributed by atoms with Crippen molar-refractivity contribution in [2.45, 2.75) is 53.4 Å². The van der Waals surface area contributed by atoms with Gasteiger partial charge in [-0.2, -0.15) is 5.10 Å². The van der Waals surface area contributed by atoms with Crippen LogP contribution in [0.3, 0.4) is 0 Å². The van der Waals surface area contributed by atoms with E-state index in [2.05, 4.69) is 48.7 Å². The maximum Gasteiger partial charge on any atom is 0.0560 e. The number of aromatic nitrogens is 3. The van der Waals surface area contributed by atoms with E-state index in [9.17, 15) is 0 Å². The third kappa shape index (κ3) is 3.26. The van der Waals surface area contributed by atoms with Gasteiger partial charge in [0.1, 0.15) is 0 Å². The van der Waals surface area contributed by atoms with Crippen LogP contribution in [0, 0.1) is 13.8 Å². The molecule has 0 aromatic carbocycles. The van der Waals surface area contributed by atoms with Gasteiger partial charge in [-0.25, -0.2) is 0 Å². The Kier molecular flexibility index (Phi) is 4.43.